The van der Waals surface area contributed by atoms with Crippen LogP contribution in [0.4, 0.5) is 5.69 Å². The summed E-state index contributed by atoms with van der Waals surface area (Å²) in [6, 6.07) is 5.05. The Balaban J connectivity index is 2.13. The van der Waals surface area contributed by atoms with Crippen molar-refractivity contribution in [1.82, 2.24) is 4.90 Å². The van der Waals surface area contributed by atoms with Gasteiger partial charge in [0.05, 0.1) is 9.40 Å². The van der Waals surface area contributed by atoms with Crippen molar-refractivity contribution in [1.29, 1.82) is 0 Å². The number of benzene rings is 1. The minimum atomic E-state index is -0.393. The van der Waals surface area contributed by atoms with Crippen LogP contribution in [0.25, 0.3) is 0 Å². The Hall–Kier alpha value is -1.27. The first-order chi connectivity index (χ1) is 8.99. The summed E-state index contributed by atoms with van der Waals surface area (Å²) < 4.78 is 0.532. The maximum atomic E-state index is 11.5. The molecule has 0 radical (unpaired) electrons. The summed E-state index contributed by atoms with van der Waals surface area (Å²) in [5.41, 5.74) is 0.967. The molecular weight excluding hydrogens is 312 g/mol. The van der Waals surface area contributed by atoms with Gasteiger partial charge in [0.1, 0.15) is 5.78 Å². The Bertz CT molecular complexity index is 519. The molecule has 1 aromatic carbocycles. The number of nitrogens with zero attached hydrogens (tertiary/aromatic N) is 2. The molecule has 102 valence electrons. The molecule has 1 saturated heterocycles. The average molecular weight is 327 g/mol. The third-order valence-electron chi connectivity index (χ3n) is 3.41. The molecule has 5 nitrogen and oxygen atoms in total. The van der Waals surface area contributed by atoms with Gasteiger partial charge in [-0.15, -0.1) is 0 Å². The van der Waals surface area contributed by atoms with Crippen molar-refractivity contribution in [3.63, 3.8) is 0 Å². The lowest BCUT2D eigenvalue weighted by Crippen LogP contribution is -2.39. The molecule has 0 bridgehead atoms. The van der Waals surface area contributed by atoms with Gasteiger partial charge in [-0.2, -0.15) is 0 Å². The third kappa shape index (κ3) is 3.19. The van der Waals surface area contributed by atoms with Gasteiger partial charge in [-0.05, 0) is 21.5 Å². The van der Waals surface area contributed by atoms with E-state index in [-0.39, 0.29) is 11.6 Å². The largest absolute Gasteiger partial charge is 0.299 e. The molecule has 19 heavy (non-hydrogen) atoms. The molecule has 1 unspecified atom stereocenters. The molecule has 2 rings (SSSR count). The van der Waals surface area contributed by atoms with Crippen LogP contribution in [-0.2, 0) is 11.3 Å². The molecule has 0 saturated carbocycles. The van der Waals surface area contributed by atoms with E-state index in [1.807, 2.05) is 13.0 Å². The number of halogens is 1. The number of nitro benzene ring substituents is 1. The second-order valence-corrected chi connectivity index (χ2v) is 5.65. The lowest BCUT2D eigenvalue weighted by molar-refractivity contribution is -0.385. The van der Waals surface area contributed by atoms with Crippen LogP contribution < -0.4 is 0 Å². The number of hydrogen-bond acceptors (Lipinski definition) is 4. The fraction of sp³-hybridized carbons (Fsp3) is 0.462. The van der Waals surface area contributed by atoms with E-state index in [1.165, 1.54) is 6.07 Å². The van der Waals surface area contributed by atoms with E-state index in [9.17, 15) is 14.9 Å². The highest BCUT2D eigenvalue weighted by atomic mass is 79.9. The van der Waals surface area contributed by atoms with E-state index in [1.54, 1.807) is 6.07 Å². The van der Waals surface area contributed by atoms with Gasteiger partial charge in [-0.25, -0.2) is 0 Å². The summed E-state index contributed by atoms with van der Waals surface area (Å²) in [7, 11) is 0. The molecule has 1 atom stereocenters. The Morgan fingerprint density at radius 1 is 1.53 bits per heavy atom. The minimum absolute atomic E-state index is 0.0474. The molecule has 0 spiro atoms. The first-order valence-corrected chi connectivity index (χ1v) is 6.95. The zero-order chi connectivity index (χ0) is 14.0. The van der Waals surface area contributed by atoms with Crippen LogP contribution in [0.1, 0.15) is 18.9 Å². The second kappa shape index (κ2) is 5.79. The molecule has 0 aliphatic carbocycles. The van der Waals surface area contributed by atoms with Crippen molar-refractivity contribution in [3.05, 3.63) is 38.3 Å². The number of nitro groups is 1. The smallest absolute Gasteiger partial charge is 0.283 e. The molecule has 0 N–H and O–H groups in total. The summed E-state index contributed by atoms with van der Waals surface area (Å²) in [6.45, 7) is 3.99. The van der Waals surface area contributed by atoms with Crippen molar-refractivity contribution in [2.75, 3.05) is 13.1 Å². The first-order valence-electron chi connectivity index (χ1n) is 6.16. The average Bonchev–Trinajstić information content (AvgIpc) is 2.36. The summed E-state index contributed by atoms with van der Waals surface area (Å²) in [6.07, 6.45) is 0.563. The quantitative estimate of drug-likeness (QED) is 0.633. The highest BCUT2D eigenvalue weighted by Crippen LogP contribution is 2.29. The number of rotatable bonds is 3. The molecule has 1 aliphatic rings. The standard InChI is InChI=1S/C13H15BrN2O3/c1-9-7-15(6-5-12(9)17)8-10-3-2-4-11(13(10)14)16(18)19/h2-4,9H,5-8H2,1H3. The SMILES string of the molecule is CC1CN(Cc2cccc([N+](=O)[O-])c2Br)CCC1=O. The van der Waals surface area contributed by atoms with Crippen molar-refractivity contribution in [3.8, 4) is 0 Å². The number of carbonyl (C=O) groups is 1. The number of piperidine rings is 1. The molecule has 1 heterocycles. The van der Waals surface area contributed by atoms with E-state index in [4.69, 9.17) is 0 Å². The first kappa shape index (κ1) is 14.1. The van der Waals surface area contributed by atoms with Gasteiger partial charge >= 0.3 is 0 Å². The van der Waals surface area contributed by atoms with Gasteiger partial charge in [0.15, 0.2) is 0 Å². The van der Waals surface area contributed by atoms with E-state index in [0.29, 0.717) is 29.8 Å². The molecule has 1 aliphatic heterocycles. The van der Waals surface area contributed by atoms with Crippen LogP contribution >= 0.6 is 15.9 Å². The topological polar surface area (TPSA) is 63.4 Å². The van der Waals surface area contributed by atoms with E-state index in [0.717, 1.165) is 12.1 Å². The van der Waals surface area contributed by atoms with Gasteiger partial charge < -0.3 is 0 Å². The maximum absolute atomic E-state index is 11.5. The zero-order valence-electron chi connectivity index (χ0n) is 10.6. The predicted molar refractivity (Wildman–Crippen MR) is 74.9 cm³/mol. The highest BCUT2D eigenvalue weighted by molar-refractivity contribution is 9.10. The number of carbonyl (C=O) groups excluding carboxylic acids is 1. The third-order valence-corrected chi connectivity index (χ3v) is 4.32. The summed E-state index contributed by atoms with van der Waals surface area (Å²) in [5.74, 6) is 0.348. The monoisotopic (exact) mass is 326 g/mol. The molecule has 0 amide bonds. The molecule has 0 aromatic heterocycles. The summed E-state index contributed by atoms with van der Waals surface area (Å²) >= 11 is 3.30. The van der Waals surface area contributed by atoms with Crippen LogP contribution in [0, 0.1) is 16.0 Å². The Morgan fingerprint density at radius 3 is 2.89 bits per heavy atom. The normalized spacial score (nSPS) is 20.5. The van der Waals surface area contributed by atoms with Crippen molar-refractivity contribution >= 4 is 27.4 Å². The fourth-order valence-electron chi connectivity index (χ4n) is 2.31. The lowest BCUT2D eigenvalue weighted by Gasteiger charge is -2.30. The van der Waals surface area contributed by atoms with Crippen LogP contribution in [0.15, 0.2) is 22.7 Å². The lowest BCUT2D eigenvalue weighted by atomic mass is 9.98. The Morgan fingerprint density at radius 2 is 2.26 bits per heavy atom. The second-order valence-electron chi connectivity index (χ2n) is 4.86. The molecule has 6 heteroatoms. The predicted octanol–water partition coefficient (Wildman–Crippen LogP) is 2.77. The highest BCUT2D eigenvalue weighted by Gasteiger charge is 2.24. The minimum Gasteiger partial charge on any atom is -0.299 e. The van der Waals surface area contributed by atoms with Crippen molar-refractivity contribution in [2.45, 2.75) is 19.9 Å². The summed E-state index contributed by atoms with van der Waals surface area (Å²) in [4.78, 5) is 24.1. The zero-order valence-corrected chi connectivity index (χ0v) is 12.2. The number of ketones is 1. The fourth-order valence-corrected chi connectivity index (χ4v) is 2.84. The summed E-state index contributed by atoms with van der Waals surface area (Å²) in [5, 5.41) is 10.9. The number of likely N-dealkylation sites (tertiary alicyclic amines) is 1. The number of Topliss-reactive ketones (excluding diaryl/α,β-unsaturated/α-hetero) is 1. The van der Waals surface area contributed by atoms with Crippen LogP contribution in [0.5, 0.6) is 0 Å². The van der Waals surface area contributed by atoms with Crippen LogP contribution in [-0.4, -0.2) is 28.7 Å². The Kier molecular flexibility index (Phi) is 4.31. The van der Waals surface area contributed by atoms with Gasteiger partial charge in [-0.3, -0.25) is 19.8 Å². The van der Waals surface area contributed by atoms with E-state index in [2.05, 4.69) is 20.8 Å². The van der Waals surface area contributed by atoms with Gasteiger partial charge in [0.25, 0.3) is 5.69 Å². The molecule has 1 fully saturated rings. The van der Waals surface area contributed by atoms with Crippen LogP contribution in [0.2, 0.25) is 0 Å². The van der Waals surface area contributed by atoms with Crippen LogP contribution in [0.3, 0.4) is 0 Å². The van der Waals surface area contributed by atoms with Gasteiger partial charge in [-0.1, -0.05) is 19.1 Å². The van der Waals surface area contributed by atoms with E-state index >= 15 is 0 Å². The van der Waals surface area contributed by atoms with E-state index < -0.39 is 4.92 Å². The number of hydrogen-bond donors (Lipinski definition) is 0. The maximum Gasteiger partial charge on any atom is 0.283 e. The Labute approximate surface area is 119 Å². The molecular formula is C13H15BrN2O3. The molecule has 1 aromatic rings. The van der Waals surface area contributed by atoms with Crippen molar-refractivity contribution in [2.24, 2.45) is 5.92 Å². The van der Waals surface area contributed by atoms with Gasteiger partial charge in [0.2, 0.25) is 0 Å². The van der Waals surface area contributed by atoms with Crippen molar-refractivity contribution < 1.29 is 9.72 Å². The van der Waals surface area contributed by atoms with Gasteiger partial charge in [0, 0.05) is 38.0 Å².